The van der Waals surface area contributed by atoms with Crippen molar-refractivity contribution in [3.8, 4) is 0 Å². The lowest BCUT2D eigenvalue weighted by Crippen LogP contribution is -2.45. The Hall–Kier alpha value is -1.26. The fourth-order valence-electron chi connectivity index (χ4n) is 3.01. The van der Waals surface area contributed by atoms with Crippen molar-refractivity contribution in [2.75, 3.05) is 26.2 Å². The van der Waals surface area contributed by atoms with Crippen LogP contribution in [0.1, 0.15) is 18.4 Å². The molecule has 20 heavy (non-hydrogen) atoms. The summed E-state index contributed by atoms with van der Waals surface area (Å²) < 4.78 is 0. The van der Waals surface area contributed by atoms with Crippen molar-refractivity contribution in [1.82, 2.24) is 15.1 Å². The number of hydrogen-bond acceptors (Lipinski definition) is 2. The summed E-state index contributed by atoms with van der Waals surface area (Å²) in [6, 6.07) is 10.9. The number of hydrogen-bond donors (Lipinski definition) is 1. The molecule has 0 atom stereocenters. The first kappa shape index (κ1) is 15.1. The predicted octanol–water partition coefficient (Wildman–Crippen LogP) is 2.10. The molecule has 0 aliphatic carbocycles. The van der Waals surface area contributed by atoms with Crippen molar-refractivity contribution in [1.29, 1.82) is 0 Å². The van der Waals surface area contributed by atoms with Crippen LogP contribution in [0.25, 0.3) is 0 Å². The lowest BCUT2D eigenvalue weighted by atomic mass is 10.1. The molecule has 0 spiro atoms. The third kappa shape index (κ3) is 3.25. The molecule has 1 N–H and O–H groups in total. The molecule has 3 rings (SSSR count). The molecular formula is C15H22ClN3O. The maximum absolute atomic E-state index is 12.4. The molecule has 0 aromatic heterocycles. The van der Waals surface area contributed by atoms with Crippen LogP contribution in [0.2, 0.25) is 0 Å². The summed E-state index contributed by atoms with van der Waals surface area (Å²) in [6.45, 7) is 4.55. The van der Waals surface area contributed by atoms with Crippen LogP contribution in [0.15, 0.2) is 30.3 Å². The van der Waals surface area contributed by atoms with Gasteiger partial charge in [0, 0.05) is 25.7 Å². The molecule has 5 heteroatoms. The van der Waals surface area contributed by atoms with E-state index in [4.69, 9.17) is 0 Å². The third-order valence-corrected chi connectivity index (χ3v) is 4.09. The molecule has 2 amide bonds. The normalized spacial score (nSPS) is 20.1. The van der Waals surface area contributed by atoms with Gasteiger partial charge < -0.3 is 15.1 Å². The van der Waals surface area contributed by atoms with Crippen LogP contribution < -0.4 is 5.32 Å². The average molecular weight is 296 g/mol. The summed E-state index contributed by atoms with van der Waals surface area (Å²) in [7, 11) is 0. The minimum Gasteiger partial charge on any atom is -0.320 e. The molecule has 2 heterocycles. The number of rotatable bonds is 3. The van der Waals surface area contributed by atoms with E-state index in [1.54, 1.807) is 0 Å². The molecule has 110 valence electrons. The number of urea groups is 1. The Morgan fingerprint density at radius 2 is 1.80 bits per heavy atom. The van der Waals surface area contributed by atoms with Gasteiger partial charge in [0.1, 0.15) is 0 Å². The van der Waals surface area contributed by atoms with Gasteiger partial charge in [0.15, 0.2) is 0 Å². The van der Waals surface area contributed by atoms with Crippen LogP contribution in [-0.4, -0.2) is 48.1 Å². The zero-order chi connectivity index (χ0) is 13.1. The molecule has 0 unspecified atom stereocenters. The Kier molecular flexibility index (Phi) is 5.26. The van der Waals surface area contributed by atoms with E-state index in [2.05, 4.69) is 22.3 Å². The Morgan fingerprint density at radius 1 is 1.10 bits per heavy atom. The largest absolute Gasteiger partial charge is 0.320 e. The summed E-state index contributed by atoms with van der Waals surface area (Å²) >= 11 is 0. The van der Waals surface area contributed by atoms with E-state index in [1.807, 2.05) is 23.1 Å². The topological polar surface area (TPSA) is 35.6 Å². The number of benzene rings is 1. The first-order valence-corrected chi connectivity index (χ1v) is 7.15. The summed E-state index contributed by atoms with van der Waals surface area (Å²) in [5.41, 5.74) is 1.21. The van der Waals surface area contributed by atoms with Gasteiger partial charge in [0.05, 0.1) is 0 Å². The molecule has 1 aromatic rings. The average Bonchev–Trinajstić information content (AvgIpc) is 2.82. The fourth-order valence-corrected chi connectivity index (χ4v) is 3.01. The van der Waals surface area contributed by atoms with Crippen molar-refractivity contribution in [3.05, 3.63) is 35.9 Å². The van der Waals surface area contributed by atoms with Crippen LogP contribution in [-0.2, 0) is 6.54 Å². The van der Waals surface area contributed by atoms with Gasteiger partial charge in [-0.25, -0.2) is 4.79 Å². The molecule has 4 nitrogen and oxygen atoms in total. The van der Waals surface area contributed by atoms with Crippen molar-refractivity contribution in [2.24, 2.45) is 0 Å². The van der Waals surface area contributed by atoms with Crippen LogP contribution in [0.4, 0.5) is 4.79 Å². The maximum Gasteiger partial charge on any atom is 0.320 e. The molecule has 2 fully saturated rings. The van der Waals surface area contributed by atoms with Gasteiger partial charge in [-0.2, -0.15) is 0 Å². The number of halogens is 1. The zero-order valence-electron chi connectivity index (χ0n) is 11.6. The summed E-state index contributed by atoms with van der Waals surface area (Å²) in [6.07, 6.45) is 2.18. The van der Waals surface area contributed by atoms with E-state index in [1.165, 1.54) is 5.56 Å². The van der Waals surface area contributed by atoms with E-state index in [0.29, 0.717) is 6.04 Å². The highest BCUT2D eigenvalue weighted by atomic mass is 35.5. The standard InChI is InChI=1S/C15H21N3O.ClH/c19-15-17(12-13-4-2-1-3-5-13)10-11-18(15)14-6-8-16-9-7-14;/h1-5,14,16H,6-12H2;1H. The number of carbonyl (C=O) groups excluding carboxylic acids is 1. The second kappa shape index (κ2) is 6.95. The number of amides is 2. The van der Waals surface area contributed by atoms with Crippen LogP contribution >= 0.6 is 12.4 Å². The van der Waals surface area contributed by atoms with Crippen LogP contribution in [0, 0.1) is 0 Å². The minimum atomic E-state index is 0. The summed E-state index contributed by atoms with van der Waals surface area (Å²) in [5.74, 6) is 0. The second-order valence-corrected chi connectivity index (χ2v) is 5.36. The van der Waals surface area contributed by atoms with Gasteiger partial charge >= 0.3 is 6.03 Å². The van der Waals surface area contributed by atoms with Crippen molar-refractivity contribution >= 4 is 18.4 Å². The number of piperidine rings is 1. The van der Waals surface area contributed by atoms with E-state index in [-0.39, 0.29) is 18.4 Å². The monoisotopic (exact) mass is 295 g/mol. The molecule has 0 bridgehead atoms. The molecule has 2 saturated heterocycles. The van der Waals surface area contributed by atoms with Gasteiger partial charge in [-0.05, 0) is 31.5 Å². The van der Waals surface area contributed by atoms with Crippen molar-refractivity contribution in [2.45, 2.75) is 25.4 Å². The van der Waals surface area contributed by atoms with Gasteiger partial charge in [-0.1, -0.05) is 30.3 Å². The highest BCUT2D eigenvalue weighted by Gasteiger charge is 2.33. The molecule has 1 aromatic carbocycles. The SMILES string of the molecule is Cl.O=C1N(Cc2ccccc2)CCN1C1CCNCC1. The Labute approximate surface area is 126 Å². The van der Waals surface area contributed by atoms with E-state index in [0.717, 1.165) is 45.6 Å². The Balaban J connectivity index is 0.00000147. The highest BCUT2D eigenvalue weighted by molar-refractivity contribution is 5.85. The summed E-state index contributed by atoms with van der Waals surface area (Å²) in [5, 5.41) is 3.35. The van der Waals surface area contributed by atoms with Crippen LogP contribution in [0.3, 0.4) is 0 Å². The van der Waals surface area contributed by atoms with E-state index in [9.17, 15) is 4.79 Å². The first-order chi connectivity index (χ1) is 9.34. The highest BCUT2D eigenvalue weighted by Crippen LogP contribution is 2.20. The van der Waals surface area contributed by atoms with Crippen LogP contribution in [0.5, 0.6) is 0 Å². The molecule has 0 radical (unpaired) electrons. The lowest BCUT2D eigenvalue weighted by molar-refractivity contribution is 0.165. The summed E-state index contributed by atoms with van der Waals surface area (Å²) in [4.78, 5) is 16.5. The van der Waals surface area contributed by atoms with Gasteiger partial charge in [-0.3, -0.25) is 0 Å². The minimum absolute atomic E-state index is 0. The van der Waals surface area contributed by atoms with Gasteiger partial charge in [-0.15, -0.1) is 12.4 Å². The second-order valence-electron chi connectivity index (χ2n) is 5.36. The number of carbonyl (C=O) groups is 1. The van der Waals surface area contributed by atoms with Crippen molar-refractivity contribution in [3.63, 3.8) is 0 Å². The maximum atomic E-state index is 12.4. The number of nitrogens with zero attached hydrogens (tertiary/aromatic N) is 2. The smallest absolute Gasteiger partial charge is 0.320 e. The molecule has 2 aliphatic heterocycles. The molecule has 0 saturated carbocycles. The van der Waals surface area contributed by atoms with E-state index >= 15 is 0 Å². The van der Waals surface area contributed by atoms with Gasteiger partial charge in [0.2, 0.25) is 0 Å². The number of nitrogens with one attached hydrogen (secondary N) is 1. The van der Waals surface area contributed by atoms with Crippen molar-refractivity contribution < 1.29 is 4.79 Å². The molecular weight excluding hydrogens is 274 g/mol. The Bertz CT molecular complexity index is 434. The zero-order valence-corrected chi connectivity index (χ0v) is 12.4. The molecule has 2 aliphatic rings. The van der Waals surface area contributed by atoms with Gasteiger partial charge in [0.25, 0.3) is 0 Å². The lowest BCUT2D eigenvalue weighted by Gasteiger charge is -2.31. The predicted molar refractivity (Wildman–Crippen MR) is 82.1 cm³/mol. The fraction of sp³-hybridized carbons (Fsp3) is 0.533. The Morgan fingerprint density at radius 3 is 2.50 bits per heavy atom. The third-order valence-electron chi connectivity index (χ3n) is 4.09. The van der Waals surface area contributed by atoms with E-state index < -0.39 is 0 Å². The quantitative estimate of drug-likeness (QED) is 0.927. The first-order valence-electron chi connectivity index (χ1n) is 7.15.